The molecule has 1 aliphatic heterocycles. The van der Waals surface area contributed by atoms with Crippen LogP contribution in [0.5, 0.6) is 0 Å². The Hall–Kier alpha value is -2.47. The summed E-state index contributed by atoms with van der Waals surface area (Å²) in [7, 11) is 0. The van der Waals surface area contributed by atoms with Crippen molar-refractivity contribution in [2.24, 2.45) is 0 Å². The molecule has 6 heteroatoms. The number of carbonyl (C=O) groups excluding carboxylic acids is 1. The second kappa shape index (κ2) is 5.81. The molecule has 2 aromatic heterocycles. The maximum Gasteiger partial charge on any atom is 0.225 e. The lowest BCUT2D eigenvalue weighted by molar-refractivity contribution is -0.128. The Bertz CT molecular complexity index is 935. The first-order valence-corrected chi connectivity index (χ1v) is 9.45. The van der Waals surface area contributed by atoms with E-state index in [9.17, 15) is 4.79 Å². The summed E-state index contributed by atoms with van der Waals surface area (Å²) in [5.74, 6) is 1.10. The van der Waals surface area contributed by atoms with Crippen molar-refractivity contribution in [3.63, 3.8) is 0 Å². The minimum atomic E-state index is 0.131. The maximum atomic E-state index is 12.2. The molecule has 1 N–H and O–H groups in total. The third-order valence-electron chi connectivity index (χ3n) is 4.87. The van der Waals surface area contributed by atoms with Crippen LogP contribution in [-0.2, 0) is 4.79 Å². The number of hydrogen-bond donors (Lipinski definition) is 1. The van der Waals surface area contributed by atoms with Crippen molar-refractivity contribution in [1.29, 1.82) is 0 Å². The zero-order valence-electron chi connectivity index (χ0n) is 13.7. The Morgan fingerprint density at radius 3 is 2.80 bits per heavy atom. The number of carbonyl (C=O) groups is 1. The Balaban J connectivity index is 1.43. The van der Waals surface area contributed by atoms with Crippen molar-refractivity contribution in [2.75, 3.05) is 11.9 Å². The molecule has 2 aliphatic rings. The van der Waals surface area contributed by atoms with E-state index in [0.717, 1.165) is 35.4 Å². The van der Waals surface area contributed by atoms with Gasteiger partial charge in [0, 0.05) is 23.9 Å². The fraction of sp³-hybridized carbons (Fsp3) is 0.316. The van der Waals surface area contributed by atoms with Crippen molar-refractivity contribution in [3.05, 3.63) is 42.7 Å². The third kappa shape index (κ3) is 2.76. The number of benzene rings is 1. The van der Waals surface area contributed by atoms with E-state index in [-0.39, 0.29) is 11.9 Å². The predicted molar refractivity (Wildman–Crippen MR) is 99.6 cm³/mol. The first-order valence-electron chi connectivity index (χ1n) is 8.64. The SMILES string of the molecule is O=C1CC(Nc2ncnc3sc(-c4ccccc4)cc23)CN1C1CC1. The molecule has 1 aliphatic carbocycles. The summed E-state index contributed by atoms with van der Waals surface area (Å²) >= 11 is 1.67. The summed E-state index contributed by atoms with van der Waals surface area (Å²) in [6, 6.07) is 13.1. The molecular formula is C19H18N4OS. The van der Waals surface area contributed by atoms with Gasteiger partial charge in [0.25, 0.3) is 0 Å². The molecule has 0 radical (unpaired) electrons. The molecule has 1 atom stereocenters. The number of likely N-dealkylation sites (tertiary alicyclic amines) is 1. The van der Waals surface area contributed by atoms with Crippen molar-refractivity contribution < 1.29 is 4.79 Å². The summed E-state index contributed by atoms with van der Waals surface area (Å²) < 4.78 is 0. The van der Waals surface area contributed by atoms with E-state index in [1.807, 2.05) is 23.1 Å². The molecule has 5 nitrogen and oxygen atoms in total. The smallest absolute Gasteiger partial charge is 0.225 e. The number of fused-ring (bicyclic) bond motifs is 1. The van der Waals surface area contributed by atoms with Crippen LogP contribution in [0.2, 0.25) is 0 Å². The van der Waals surface area contributed by atoms with Crippen LogP contribution in [-0.4, -0.2) is 39.4 Å². The molecule has 0 bridgehead atoms. The molecule has 0 spiro atoms. The fourth-order valence-electron chi connectivity index (χ4n) is 3.48. The lowest BCUT2D eigenvalue weighted by atomic mass is 10.2. The molecule has 1 unspecified atom stereocenters. The van der Waals surface area contributed by atoms with Crippen LogP contribution in [0.1, 0.15) is 19.3 Å². The quantitative estimate of drug-likeness (QED) is 0.782. The van der Waals surface area contributed by atoms with Gasteiger partial charge in [-0.25, -0.2) is 9.97 Å². The molecule has 126 valence electrons. The van der Waals surface area contributed by atoms with E-state index >= 15 is 0 Å². The molecule has 1 amide bonds. The van der Waals surface area contributed by atoms with Gasteiger partial charge >= 0.3 is 0 Å². The van der Waals surface area contributed by atoms with E-state index in [1.54, 1.807) is 17.7 Å². The first-order chi connectivity index (χ1) is 12.3. The van der Waals surface area contributed by atoms with Crippen LogP contribution in [0.25, 0.3) is 20.7 Å². The highest BCUT2D eigenvalue weighted by molar-refractivity contribution is 7.21. The first kappa shape index (κ1) is 14.8. The van der Waals surface area contributed by atoms with Gasteiger partial charge in [-0.05, 0) is 24.5 Å². The Morgan fingerprint density at radius 2 is 2.00 bits per heavy atom. The number of hydrogen-bond acceptors (Lipinski definition) is 5. The average molecular weight is 350 g/mol. The molecule has 1 saturated carbocycles. The molecule has 5 rings (SSSR count). The van der Waals surface area contributed by atoms with Crippen molar-refractivity contribution in [2.45, 2.75) is 31.3 Å². The summed E-state index contributed by atoms with van der Waals surface area (Å²) in [6.45, 7) is 0.782. The zero-order valence-corrected chi connectivity index (χ0v) is 14.5. The van der Waals surface area contributed by atoms with E-state index in [1.165, 1.54) is 10.4 Å². The third-order valence-corrected chi connectivity index (χ3v) is 5.97. The Morgan fingerprint density at radius 1 is 1.16 bits per heavy atom. The summed E-state index contributed by atoms with van der Waals surface area (Å²) in [6.07, 6.45) is 4.46. The predicted octanol–water partition coefficient (Wildman–Crippen LogP) is 3.53. The molecule has 1 saturated heterocycles. The molecule has 25 heavy (non-hydrogen) atoms. The van der Waals surface area contributed by atoms with E-state index in [4.69, 9.17) is 0 Å². The van der Waals surface area contributed by atoms with Crippen molar-refractivity contribution in [1.82, 2.24) is 14.9 Å². The number of anilines is 1. The minimum Gasteiger partial charge on any atom is -0.364 e. The minimum absolute atomic E-state index is 0.131. The van der Waals surface area contributed by atoms with Crippen LogP contribution in [0.15, 0.2) is 42.7 Å². The monoisotopic (exact) mass is 350 g/mol. The van der Waals surface area contributed by atoms with E-state index in [0.29, 0.717) is 12.5 Å². The zero-order chi connectivity index (χ0) is 16.8. The maximum absolute atomic E-state index is 12.2. The van der Waals surface area contributed by atoms with E-state index in [2.05, 4.69) is 33.5 Å². The Kier molecular flexibility index (Phi) is 3.45. The number of aromatic nitrogens is 2. The second-order valence-corrected chi connectivity index (χ2v) is 7.77. The average Bonchev–Trinajstić information content (AvgIpc) is 3.27. The van der Waals surface area contributed by atoms with Gasteiger partial charge in [-0.1, -0.05) is 30.3 Å². The topological polar surface area (TPSA) is 58.1 Å². The van der Waals surface area contributed by atoms with Gasteiger partial charge in [-0.2, -0.15) is 0 Å². The number of nitrogens with one attached hydrogen (secondary N) is 1. The lowest BCUT2D eigenvalue weighted by Crippen LogP contribution is -2.29. The van der Waals surface area contributed by atoms with Crippen LogP contribution in [0, 0.1) is 0 Å². The highest BCUT2D eigenvalue weighted by Crippen LogP contribution is 2.36. The molecule has 2 fully saturated rings. The summed E-state index contributed by atoms with van der Waals surface area (Å²) in [5.41, 5.74) is 1.19. The lowest BCUT2D eigenvalue weighted by Gasteiger charge is -2.16. The molecule has 1 aromatic carbocycles. The number of amides is 1. The van der Waals surface area contributed by atoms with Gasteiger partial charge in [0.05, 0.1) is 11.4 Å². The number of nitrogens with zero attached hydrogens (tertiary/aromatic N) is 3. The van der Waals surface area contributed by atoms with Crippen LogP contribution >= 0.6 is 11.3 Å². The van der Waals surface area contributed by atoms with Gasteiger partial charge < -0.3 is 10.2 Å². The number of rotatable bonds is 4. The Labute approximate surface area is 149 Å². The van der Waals surface area contributed by atoms with Gasteiger partial charge in [0.1, 0.15) is 17.0 Å². The molecule has 3 aromatic rings. The highest BCUT2D eigenvalue weighted by Gasteiger charge is 2.39. The van der Waals surface area contributed by atoms with Crippen molar-refractivity contribution in [3.8, 4) is 10.4 Å². The number of thiophene rings is 1. The van der Waals surface area contributed by atoms with Crippen LogP contribution in [0.4, 0.5) is 5.82 Å². The second-order valence-electron chi connectivity index (χ2n) is 6.74. The van der Waals surface area contributed by atoms with Gasteiger partial charge in [-0.15, -0.1) is 11.3 Å². The van der Waals surface area contributed by atoms with Crippen LogP contribution < -0.4 is 5.32 Å². The van der Waals surface area contributed by atoms with Gasteiger partial charge in [0.15, 0.2) is 0 Å². The molecule has 3 heterocycles. The summed E-state index contributed by atoms with van der Waals surface area (Å²) in [4.78, 5) is 25.2. The fourth-order valence-corrected chi connectivity index (χ4v) is 4.48. The largest absolute Gasteiger partial charge is 0.364 e. The standard InChI is InChI=1S/C19H18N4OS/c24-17-8-13(10-23(17)14-6-7-14)22-18-15-9-16(12-4-2-1-3-5-12)25-19(15)21-11-20-18/h1-5,9,11,13-14H,6-8,10H2,(H,20,21,22). The van der Waals surface area contributed by atoms with Crippen LogP contribution in [0.3, 0.4) is 0 Å². The van der Waals surface area contributed by atoms with E-state index < -0.39 is 0 Å². The highest BCUT2D eigenvalue weighted by atomic mass is 32.1. The van der Waals surface area contributed by atoms with Gasteiger partial charge in [0.2, 0.25) is 5.91 Å². The normalized spacial score (nSPS) is 20.4. The van der Waals surface area contributed by atoms with Gasteiger partial charge in [-0.3, -0.25) is 4.79 Å². The summed E-state index contributed by atoms with van der Waals surface area (Å²) in [5, 5.41) is 4.52. The molecular weight excluding hydrogens is 332 g/mol. The van der Waals surface area contributed by atoms with Crippen molar-refractivity contribution >= 4 is 33.3 Å².